The standard InChI is InChI=1S/C19H21NO3/c1-22-16-11-9-15(10-12-16)18(14-6-3-2-4-7-14)20-19(21)17-8-5-13-23-17/h2-4,6-7,9-12,17-18H,5,8,13H2,1H3,(H,20,21)/t17-,18+/m0/s1. The average Bonchev–Trinajstić information content (AvgIpc) is 3.15. The molecule has 0 aliphatic carbocycles. The molecule has 0 unspecified atom stereocenters. The van der Waals surface area contributed by atoms with Gasteiger partial charge in [-0.15, -0.1) is 0 Å². The second-order valence-electron chi connectivity index (χ2n) is 5.63. The molecule has 0 spiro atoms. The SMILES string of the molecule is COc1ccc([C@H](NC(=O)[C@@H]2CCCO2)c2ccccc2)cc1. The smallest absolute Gasteiger partial charge is 0.249 e. The molecule has 4 heteroatoms. The number of nitrogens with one attached hydrogen (secondary N) is 1. The van der Waals surface area contributed by atoms with Gasteiger partial charge in [0, 0.05) is 6.61 Å². The minimum Gasteiger partial charge on any atom is -0.497 e. The molecule has 2 aromatic rings. The van der Waals surface area contributed by atoms with E-state index in [1.807, 2.05) is 54.6 Å². The Hall–Kier alpha value is -2.33. The van der Waals surface area contributed by atoms with Crippen molar-refractivity contribution >= 4 is 5.91 Å². The Kier molecular flexibility index (Phi) is 4.93. The van der Waals surface area contributed by atoms with Crippen LogP contribution in [0, 0.1) is 0 Å². The van der Waals surface area contributed by atoms with Crippen molar-refractivity contribution in [2.45, 2.75) is 25.0 Å². The zero-order chi connectivity index (χ0) is 16.1. The molecular weight excluding hydrogens is 290 g/mol. The molecule has 1 aliphatic heterocycles. The van der Waals surface area contributed by atoms with Gasteiger partial charge in [0.1, 0.15) is 11.9 Å². The molecule has 1 N–H and O–H groups in total. The van der Waals surface area contributed by atoms with Crippen LogP contribution in [-0.4, -0.2) is 25.7 Å². The Balaban J connectivity index is 1.85. The van der Waals surface area contributed by atoms with Crippen LogP contribution in [0.5, 0.6) is 5.75 Å². The lowest BCUT2D eigenvalue weighted by molar-refractivity contribution is -0.130. The molecule has 0 aromatic heterocycles. The van der Waals surface area contributed by atoms with Crippen LogP contribution in [0.3, 0.4) is 0 Å². The number of carbonyl (C=O) groups is 1. The van der Waals surface area contributed by atoms with E-state index in [0.717, 1.165) is 29.7 Å². The zero-order valence-electron chi connectivity index (χ0n) is 13.2. The fourth-order valence-electron chi connectivity index (χ4n) is 2.82. The average molecular weight is 311 g/mol. The topological polar surface area (TPSA) is 47.6 Å². The molecule has 1 aliphatic rings. The number of hydrogen-bond donors (Lipinski definition) is 1. The first-order valence-electron chi connectivity index (χ1n) is 7.89. The van der Waals surface area contributed by atoms with Crippen LogP contribution < -0.4 is 10.1 Å². The van der Waals surface area contributed by atoms with Gasteiger partial charge in [0.15, 0.2) is 0 Å². The molecule has 120 valence electrons. The Morgan fingerprint density at radius 2 is 1.83 bits per heavy atom. The lowest BCUT2D eigenvalue weighted by Gasteiger charge is -2.22. The van der Waals surface area contributed by atoms with E-state index in [-0.39, 0.29) is 18.1 Å². The minimum absolute atomic E-state index is 0.0489. The molecule has 2 atom stereocenters. The number of rotatable bonds is 5. The molecular formula is C19H21NO3. The normalized spacial score (nSPS) is 18.4. The monoisotopic (exact) mass is 311 g/mol. The van der Waals surface area contributed by atoms with Crippen LogP contribution in [0.15, 0.2) is 54.6 Å². The Bertz CT molecular complexity index is 633. The van der Waals surface area contributed by atoms with Gasteiger partial charge in [0.05, 0.1) is 13.2 Å². The minimum atomic E-state index is -0.334. The van der Waals surface area contributed by atoms with E-state index in [2.05, 4.69) is 5.32 Å². The highest BCUT2D eigenvalue weighted by atomic mass is 16.5. The second kappa shape index (κ2) is 7.29. The van der Waals surface area contributed by atoms with Gasteiger partial charge in [0.25, 0.3) is 0 Å². The van der Waals surface area contributed by atoms with Crippen LogP contribution in [-0.2, 0) is 9.53 Å². The van der Waals surface area contributed by atoms with Gasteiger partial charge < -0.3 is 14.8 Å². The van der Waals surface area contributed by atoms with Crippen molar-refractivity contribution in [2.24, 2.45) is 0 Å². The third-order valence-electron chi connectivity index (χ3n) is 4.09. The number of carbonyl (C=O) groups excluding carboxylic acids is 1. The number of amides is 1. The van der Waals surface area contributed by atoms with Gasteiger partial charge >= 0.3 is 0 Å². The fourth-order valence-corrected chi connectivity index (χ4v) is 2.82. The van der Waals surface area contributed by atoms with Crippen molar-refractivity contribution in [3.05, 3.63) is 65.7 Å². The van der Waals surface area contributed by atoms with Crippen molar-refractivity contribution in [3.8, 4) is 5.75 Å². The third-order valence-corrected chi connectivity index (χ3v) is 4.09. The summed E-state index contributed by atoms with van der Waals surface area (Å²) in [6, 6.07) is 17.5. The van der Waals surface area contributed by atoms with E-state index in [0.29, 0.717) is 6.61 Å². The van der Waals surface area contributed by atoms with Crippen molar-refractivity contribution in [2.75, 3.05) is 13.7 Å². The molecule has 0 saturated carbocycles. The number of benzene rings is 2. The molecule has 1 fully saturated rings. The van der Waals surface area contributed by atoms with Crippen LogP contribution >= 0.6 is 0 Å². The Morgan fingerprint density at radius 1 is 1.13 bits per heavy atom. The van der Waals surface area contributed by atoms with Gasteiger partial charge in [-0.25, -0.2) is 0 Å². The van der Waals surface area contributed by atoms with Crippen LogP contribution in [0.4, 0.5) is 0 Å². The molecule has 0 radical (unpaired) electrons. The van der Waals surface area contributed by atoms with Gasteiger partial charge in [0.2, 0.25) is 5.91 Å². The van der Waals surface area contributed by atoms with Gasteiger partial charge in [-0.3, -0.25) is 4.79 Å². The Morgan fingerprint density at radius 3 is 2.43 bits per heavy atom. The van der Waals surface area contributed by atoms with Gasteiger partial charge in [-0.05, 0) is 36.1 Å². The highest BCUT2D eigenvalue weighted by Crippen LogP contribution is 2.25. The van der Waals surface area contributed by atoms with E-state index < -0.39 is 0 Å². The number of hydrogen-bond acceptors (Lipinski definition) is 3. The summed E-state index contributed by atoms with van der Waals surface area (Å²) < 4.78 is 10.7. The van der Waals surface area contributed by atoms with E-state index in [9.17, 15) is 4.79 Å². The lowest BCUT2D eigenvalue weighted by Crippen LogP contribution is -2.37. The summed E-state index contributed by atoms with van der Waals surface area (Å²) in [5, 5.41) is 3.12. The molecule has 1 heterocycles. The summed E-state index contributed by atoms with van der Waals surface area (Å²) in [4.78, 5) is 12.5. The predicted octanol–water partition coefficient (Wildman–Crippen LogP) is 3.08. The zero-order valence-corrected chi connectivity index (χ0v) is 13.2. The quantitative estimate of drug-likeness (QED) is 0.923. The van der Waals surface area contributed by atoms with E-state index in [4.69, 9.17) is 9.47 Å². The fraction of sp³-hybridized carbons (Fsp3) is 0.316. The summed E-state index contributed by atoms with van der Waals surface area (Å²) >= 11 is 0. The maximum absolute atomic E-state index is 12.5. The molecule has 3 rings (SSSR count). The third kappa shape index (κ3) is 3.71. The molecule has 4 nitrogen and oxygen atoms in total. The van der Waals surface area contributed by atoms with Crippen LogP contribution in [0.1, 0.15) is 30.0 Å². The first-order valence-corrected chi connectivity index (χ1v) is 7.89. The maximum atomic E-state index is 12.5. The van der Waals surface area contributed by atoms with E-state index in [1.165, 1.54) is 0 Å². The van der Waals surface area contributed by atoms with Gasteiger partial charge in [-0.1, -0.05) is 42.5 Å². The molecule has 23 heavy (non-hydrogen) atoms. The van der Waals surface area contributed by atoms with Crippen molar-refractivity contribution in [3.63, 3.8) is 0 Å². The summed E-state index contributed by atoms with van der Waals surface area (Å²) in [6.07, 6.45) is 1.39. The maximum Gasteiger partial charge on any atom is 0.249 e. The molecule has 2 aromatic carbocycles. The number of methoxy groups -OCH3 is 1. The first kappa shape index (κ1) is 15.6. The van der Waals surface area contributed by atoms with Crippen LogP contribution in [0.25, 0.3) is 0 Å². The van der Waals surface area contributed by atoms with E-state index in [1.54, 1.807) is 7.11 Å². The highest BCUT2D eigenvalue weighted by Gasteiger charge is 2.26. The summed E-state index contributed by atoms with van der Waals surface area (Å²) in [7, 11) is 1.64. The second-order valence-corrected chi connectivity index (χ2v) is 5.63. The predicted molar refractivity (Wildman–Crippen MR) is 88.4 cm³/mol. The summed E-state index contributed by atoms with van der Waals surface area (Å²) in [5.74, 6) is 0.748. The molecule has 1 saturated heterocycles. The largest absolute Gasteiger partial charge is 0.497 e. The molecule has 0 bridgehead atoms. The highest BCUT2D eigenvalue weighted by molar-refractivity contribution is 5.81. The summed E-state index contributed by atoms with van der Waals surface area (Å²) in [6.45, 7) is 0.663. The van der Waals surface area contributed by atoms with Crippen molar-refractivity contribution < 1.29 is 14.3 Å². The molecule has 1 amide bonds. The van der Waals surface area contributed by atoms with Crippen molar-refractivity contribution in [1.29, 1.82) is 0 Å². The Labute approximate surface area is 136 Å². The van der Waals surface area contributed by atoms with E-state index >= 15 is 0 Å². The first-order chi connectivity index (χ1) is 11.3. The number of ether oxygens (including phenoxy) is 2. The van der Waals surface area contributed by atoms with Crippen molar-refractivity contribution in [1.82, 2.24) is 5.32 Å². The van der Waals surface area contributed by atoms with Crippen LogP contribution in [0.2, 0.25) is 0 Å². The lowest BCUT2D eigenvalue weighted by atomic mass is 9.98. The van der Waals surface area contributed by atoms with Gasteiger partial charge in [-0.2, -0.15) is 0 Å². The summed E-state index contributed by atoms with van der Waals surface area (Å²) in [5.41, 5.74) is 2.06.